The van der Waals surface area contributed by atoms with E-state index < -0.39 is 14.0 Å². The Morgan fingerprint density at radius 2 is 2.60 bits per heavy atom. The first-order valence-corrected chi connectivity index (χ1v) is 0.894. The van der Waals surface area contributed by atoms with Crippen LogP contribution < -0.4 is 0 Å². The van der Waals surface area contributed by atoms with Crippen molar-refractivity contribution in [3.63, 3.8) is 0 Å². The highest BCUT2D eigenvalue weighted by atomic mass is 15.0. The molecule has 0 spiro atoms. The molecule has 0 unspecified atom stereocenters. The zero-order valence-corrected chi connectivity index (χ0v) is 2.39. The molecule has 0 radical (unpaired) electrons. The maximum atomic E-state index is 8.15. The zero-order valence-electron chi connectivity index (χ0n) is 8.39. The van der Waals surface area contributed by atoms with E-state index in [2.05, 4.69) is 0 Å². The Morgan fingerprint density at radius 1 is 2.00 bits per heavy atom. The largest absolute Gasteiger partial charge is 0.317 e. The van der Waals surface area contributed by atoms with Crippen LogP contribution in [0.4, 0.5) is 0 Å². The van der Waals surface area contributed by atoms with Crippen molar-refractivity contribution in [2.24, 2.45) is 0 Å². The fraction of sp³-hybridized carbons (Fsp3) is 0.667. The Labute approximate surface area is 40.1 Å². The van der Waals surface area contributed by atoms with Crippen molar-refractivity contribution in [2.45, 2.75) is 0 Å². The highest BCUT2D eigenvalue weighted by molar-refractivity contribution is 4.60. The van der Waals surface area contributed by atoms with Crippen molar-refractivity contribution in [3.8, 4) is 6.19 Å². The normalized spacial score (nSPS) is 28.6. The molecule has 28 valence electrons. The SMILES string of the molecule is [2H]C([2H])([2H])N(C#N)C([2H])([2H])[2H]. The van der Waals surface area contributed by atoms with E-state index in [0.717, 1.165) is 6.19 Å². The Kier molecular flexibility index (Phi) is 0.172. The van der Waals surface area contributed by atoms with Gasteiger partial charge in [-0.1, -0.05) is 0 Å². The summed E-state index contributed by atoms with van der Waals surface area (Å²) in [5.74, 6) is 0. The Hall–Kier alpha value is -0.710. The standard InChI is InChI=1S/C3H6N2/c1-5(2)3-4/h1-2H3/i1D3,2D3. The van der Waals surface area contributed by atoms with Gasteiger partial charge in [-0.05, 0) is 0 Å². The predicted molar refractivity (Wildman–Crippen MR) is 19.3 cm³/mol. The zero-order chi connectivity index (χ0) is 9.28. The van der Waals surface area contributed by atoms with Crippen molar-refractivity contribution >= 4 is 0 Å². The molecule has 2 heteroatoms. The molecule has 0 saturated carbocycles. The molecule has 2 nitrogen and oxygen atoms in total. The number of nitriles is 1. The molecule has 0 bridgehead atoms. The van der Waals surface area contributed by atoms with Crippen molar-refractivity contribution in [3.05, 3.63) is 0 Å². The van der Waals surface area contributed by atoms with Crippen LogP contribution >= 0.6 is 0 Å². The summed E-state index contributed by atoms with van der Waals surface area (Å²) in [4.78, 5) is -0.194. The van der Waals surface area contributed by atoms with E-state index in [9.17, 15) is 0 Å². The summed E-state index contributed by atoms with van der Waals surface area (Å²) in [5, 5.41) is 8.15. The third kappa shape index (κ3) is 3.29. The topological polar surface area (TPSA) is 27.0 Å². The second-order valence-corrected chi connectivity index (χ2v) is 0.435. The molecule has 0 aromatic rings. The van der Waals surface area contributed by atoms with Crippen LogP contribution in [-0.4, -0.2) is 18.9 Å². The summed E-state index contributed by atoms with van der Waals surface area (Å²) in [6, 6.07) is 0. The molecule has 0 rings (SSSR count). The lowest BCUT2D eigenvalue weighted by molar-refractivity contribution is 0.585. The molecule has 0 fully saturated rings. The molecule has 0 N–H and O–H groups in total. The first-order valence-electron chi connectivity index (χ1n) is 3.89. The molecule has 0 aliphatic rings. The van der Waals surface area contributed by atoms with Gasteiger partial charge in [0.2, 0.25) is 0 Å². The molecule has 0 atom stereocenters. The summed E-state index contributed by atoms with van der Waals surface area (Å²) in [6.45, 7) is -5.78. The minimum absolute atomic E-state index is 0.194. The van der Waals surface area contributed by atoms with Gasteiger partial charge < -0.3 is 4.90 Å². The van der Waals surface area contributed by atoms with E-state index in [4.69, 9.17) is 13.5 Å². The summed E-state index contributed by atoms with van der Waals surface area (Å²) in [6.07, 6.45) is 1.09. The molecule has 5 heavy (non-hydrogen) atoms. The highest BCUT2D eigenvalue weighted by Crippen LogP contribution is 1.56. The number of rotatable bonds is 0. The monoisotopic (exact) mass is 76.1 g/mol. The maximum absolute atomic E-state index is 8.15. The summed E-state index contributed by atoms with van der Waals surface area (Å²) < 4.78 is 39.7. The van der Waals surface area contributed by atoms with Crippen LogP contribution in [0.3, 0.4) is 0 Å². The molecular weight excluding hydrogens is 64.0 g/mol. The van der Waals surface area contributed by atoms with Crippen molar-refractivity contribution in [1.82, 2.24) is 4.90 Å². The van der Waals surface area contributed by atoms with Gasteiger partial charge in [0.15, 0.2) is 6.19 Å². The van der Waals surface area contributed by atoms with Crippen LogP contribution in [0, 0.1) is 11.5 Å². The van der Waals surface area contributed by atoms with Crippen molar-refractivity contribution < 1.29 is 8.22 Å². The van der Waals surface area contributed by atoms with Crippen LogP contribution in [0.1, 0.15) is 8.22 Å². The van der Waals surface area contributed by atoms with Crippen LogP contribution in [0.25, 0.3) is 0 Å². The number of nitrogens with zero attached hydrogens (tertiary/aromatic N) is 2. The second kappa shape index (κ2) is 1.59. The predicted octanol–water partition coefficient (Wildman–Crippen LogP) is 0.0291. The Bertz CT molecular complexity index is 158. The van der Waals surface area contributed by atoms with Gasteiger partial charge in [0.1, 0.15) is 0 Å². The minimum atomic E-state index is -2.89. The van der Waals surface area contributed by atoms with Crippen molar-refractivity contribution in [1.29, 1.82) is 5.26 Å². The van der Waals surface area contributed by atoms with E-state index in [1.165, 1.54) is 0 Å². The fourth-order valence-electron chi connectivity index (χ4n) is 0. The highest BCUT2D eigenvalue weighted by Gasteiger charge is 1.67. The third-order valence-electron chi connectivity index (χ3n) is 0.100. The number of hydrogen-bond acceptors (Lipinski definition) is 2. The van der Waals surface area contributed by atoms with Gasteiger partial charge in [-0.3, -0.25) is 0 Å². The summed E-state index contributed by atoms with van der Waals surface area (Å²) >= 11 is 0. The first-order chi connectivity index (χ1) is 4.69. The lowest BCUT2D eigenvalue weighted by Gasteiger charge is -1.89. The van der Waals surface area contributed by atoms with E-state index in [-0.39, 0.29) is 4.90 Å². The Morgan fingerprint density at radius 3 is 2.60 bits per heavy atom. The van der Waals surface area contributed by atoms with E-state index in [1.54, 1.807) is 0 Å². The van der Waals surface area contributed by atoms with E-state index >= 15 is 0 Å². The molecule has 0 aliphatic carbocycles. The first kappa shape index (κ1) is 0.538. The molecule has 0 aliphatic heterocycles. The fourth-order valence-corrected chi connectivity index (χ4v) is 0. The number of hydrogen-bond donors (Lipinski definition) is 0. The summed E-state index contributed by atoms with van der Waals surface area (Å²) in [5.41, 5.74) is 0. The quantitative estimate of drug-likeness (QED) is 0.300. The lowest BCUT2D eigenvalue weighted by atomic mass is 11.0. The van der Waals surface area contributed by atoms with Crippen LogP contribution in [0.15, 0.2) is 0 Å². The van der Waals surface area contributed by atoms with Crippen LogP contribution in [0.2, 0.25) is 0 Å². The smallest absolute Gasteiger partial charge is 0.178 e. The third-order valence-corrected chi connectivity index (χ3v) is 0.100. The van der Waals surface area contributed by atoms with Gasteiger partial charge in [0, 0.05) is 22.2 Å². The molecular formula is C3H6N2. The van der Waals surface area contributed by atoms with Gasteiger partial charge in [-0.25, -0.2) is 0 Å². The molecule has 0 heterocycles. The molecule has 0 amide bonds. The van der Waals surface area contributed by atoms with E-state index in [0.29, 0.717) is 0 Å². The average Bonchev–Trinajstić information content (AvgIpc) is 1.56. The minimum Gasteiger partial charge on any atom is -0.317 e. The van der Waals surface area contributed by atoms with Gasteiger partial charge in [0.25, 0.3) is 0 Å². The molecule has 0 saturated heterocycles. The molecule has 0 aromatic heterocycles. The summed E-state index contributed by atoms with van der Waals surface area (Å²) in [7, 11) is 0. The van der Waals surface area contributed by atoms with Crippen molar-refractivity contribution in [2.75, 3.05) is 14.0 Å². The molecule has 0 aromatic carbocycles. The van der Waals surface area contributed by atoms with Gasteiger partial charge in [0.05, 0.1) is 0 Å². The van der Waals surface area contributed by atoms with Crippen LogP contribution in [-0.2, 0) is 0 Å². The second-order valence-electron chi connectivity index (χ2n) is 0.435. The van der Waals surface area contributed by atoms with Crippen LogP contribution in [0.5, 0.6) is 0 Å². The van der Waals surface area contributed by atoms with Gasteiger partial charge in [-0.2, -0.15) is 5.26 Å². The van der Waals surface area contributed by atoms with Gasteiger partial charge >= 0.3 is 0 Å². The van der Waals surface area contributed by atoms with Gasteiger partial charge in [-0.15, -0.1) is 0 Å². The average molecular weight is 76.1 g/mol. The Balaban J connectivity index is 4.60. The van der Waals surface area contributed by atoms with E-state index in [1.807, 2.05) is 0 Å². The lowest BCUT2D eigenvalue weighted by Crippen LogP contribution is -1.99. The maximum Gasteiger partial charge on any atom is 0.178 e.